The van der Waals surface area contributed by atoms with Crippen molar-refractivity contribution in [1.82, 2.24) is 10.3 Å². The van der Waals surface area contributed by atoms with Gasteiger partial charge in [0, 0.05) is 28.7 Å². The molecular weight excluding hydrogens is 244 g/mol. The third-order valence-electron chi connectivity index (χ3n) is 3.63. The molecule has 1 aromatic carbocycles. The number of rotatable bonds is 6. The van der Waals surface area contributed by atoms with Crippen molar-refractivity contribution in [2.45, 2.75) is 33.2 Å². The number of H-pyrrole nitrogens is 1. The summed E-state index contributed by atoms with van der Waals surface area (Å²) in [6.45, 7) is 6.51. The van der Waals surface area contributed by atoms with Gasteiger partial charge in [-0.15, -0.1) is 0 Å². The van der Waals surface area contributed by atoms with Crippen molar-refractivity contribution in [3.05, 3.63) is 35.0 Å². The molecule has 2 rings (SSSR count). The van der Waals surface area contributed by atoms with Gasteiger partial charge in [-0.05, 0) is 30.2 Å². The van der Waals surface area contributed by atoms with E-state index in [4.69, 9.17) is 11.6 Å². The Hall–Kier alpha value is -0.990. The Kier molecular flexibility index (Phi) is 4.67. The average Bonchev–Trinajstić information content (AvgIpc) is 2.77. The molecule has 2 nitrogen and oxygen atoms in total. The minimum Gasteiger partial charge on any atom is -0.361 e. The molecule has 3 heteroatoms. The first-order chi connectivity index (χ1) is 8.74. The van der Waals surface area contributed by atoms with E-state index in [-0.39, 0.29) is 0 Å². The summed E-state index contributed by atoms with van der Waals surface area (Å²) in [6.07, 6.45) is 4.56. The summed E-state index contributed by atoms with van der Waals surface area (Å²) < 4.78 is 0. The van der Waals surface area contributed by atoms with Gasteiger partial charge in [-0.1, -0.05) is 44.4 Å². The summed E-state index contributed by atoms with van der Waals surface area (Å²) in [5.74, 6) is 0.782. The van der Waals surface area contributed by atoms with Gasteiger partial charge in [-0.3, -0.25) is 0 Å². The SMILES string of the molecule is CCC(CC)CNCc1c[nH]c2cc(Cl)ccc12. The van der Waals surface area contributed by atoms with Crippen molar-refractivity contribution >= 4 is 22.5 Å². The van der Waals surface area contributed by atoms with Crippen LogP contribution >= 0.6 is 11.6 Å². The van der Waals surface area contributed by atoms with E-state index < -0.39 is 0 Å². The maximum absolute atomic E-state index is 5.98. The first-order valence-corrected chi connectivity index (χ1v) is 7.08. The summed E-state index contributed by atoms with van der Waals surface area (Å²) >= 11 is 5.98. The second-order valence-corrected chi connectivity index (χ2v) is 5.25. The lowest BCUT2D eigenvalue weighted by molar-refractivity contribution is 0.450. The molecule has 0 fully saturated rings. The minimum atomic E-state index is 0.779. The third kappa shape index (κ3) is 3.06. The van der Waals surface area contributed by atoms with Crippen LogP contribution in [0.3, 0.4) is 0 Å². The lowest BCUT2D eigenvalue weighted by Gasteiger charge is -2.12. The van der Waals surface area contributed by atoms with Crippen LogP contribution in [0.2, 0.25) is 5.02 Å². The molecule has 0 spiro atoms. The van der Waals surface area contributed by atoms with Gasteiger partial charge < -0.3 is 10.3 Å². The quantitative estimate of drug-likeness (QED) is 0.798. The molecule has 2 N–H and O–H groups in total. The van der Waals surface area contributed by atoms with Gasteiger partial charge in [-0.2, -0.15) is 0 Å². The van der Waals surface area contributed by atoms with E-state index in [1.54, 1.807) is 0 Å². The smallest absolute Gasteiger partial charge is 0.0472 e. The highest BCUT2D eigenvalue weighted by Gasteiger charge is 2.06. The Morgan fingerprint density at radius 1 is 1.28 bits per heavy atom. The van der Waals surface area contributed by atoms with E-state index in [9.17, 15) is 0 Å². The van der Waals surface area contributed by atoms with E-state index in [1.165, 1.54) is 23.8 Å². The van der Waals surface area contributed by atoms with Crippen molar-refractivity contribution in [2.24, 2.45) is 5.92 Å². The highest BCUT2D eigenvalue weighted by Crippen LogP contribution is 2.21. The Morgan fingerprint density at radius 3 is 2.78 bits per heavy atom. The number of benzene rings is 1. The number of halogens is 1. The fourth-order valence-electron chi connectivity index (χ4n) is 2.29. The van der Waals surface area contributed by atoms with Gasteiger partial charge in [0.2, 0.25) is 0 Å². The molecule has 0 unspecified atom stereocenters. The maximum atomic E-state index is 5.98. The molecule has 1 aromatic heterocycles. The second-order valence-electron chi connectivity index (χ2n) is 4.82. The number of hydrogen-bond donors (Lipinski definition) is 2. The van der Waals surface area contributed by atoms with Crippen molar-refractivity contribution < 1.29 is 0 Å². The van der Waals surface area contributed by atoms with Crippen molar-refractivity contribution in [3.8, 4) is 0 Å². The van der Waals surface area contributed by atoms with Crippen LogP contribution in [-0.2, 0) is 6.54 Å². The Morgan fingerprint density at radius 2 is 2.06 bits per heavy atom. The molecule has 0 bridgehead atoms. The Labute approximate surface area is 114 Å². The highest BCUT2D eigenvalue weighted by atomic mass is 35.5. The number of aromatic nitrogens is 1. The van der Waals surface area contributed by atoms with Crippen molar-refractivity contribution in [2.75, 3.05) is 6.54 Å². The van der Waals surface area contributed by atoms with Crippen LogP contribution in [0.25, 0.3) is 10.9 Å². The molecule has 0 saturated carbocycles. The van der Waals surface area contributed by atoms with Crippen LogP contribution in [0.4, 0.5) is 0 Å². The van der Waals surface area contributed by atoms with Crippen LogP contribution in [-0.4, -0.2) is 11.5 Å². The van der Waals surface area contributed by atoms with E-state index in [0.717, 1.165) is 29.5 Å². The number of hydrogen-bond acceptors (Lipinski definition) is 1. The normalized spacial score (nSPS) is 11.6. The topological polar surface area (TPSA) is 27.8 Å². The van der Waals surface area contributed by atoms with E-state index in [1.807, 2.05) is 12.1 Å². The predicted octanol–water partition coefficient (Wildman–Crippen LogP) is 4.35. The average molecular weight is 265 g/mol. The fraction of sp³-hybridized carbons (Fsp3) is 0.467. The summed E-state index contributed by atoms with van der Waals surface area (Å²) in [5.41, 5.74) is 2.43. The summed E-state index contributed by atoms with van der Waals surface area (Å²) in [6, 6.07) is 6.01. The molecule has 0 atom stereocenters. The molecule has 1 heterocycles. The van der Waals surface area contributed by atoms with Gasteiger partial charge in [0.05, 0.1) is 0 Å². The van der Waals surface area contributed by atoms with Gasteiger partial charge >= 0.3 is 0 Å². The lowest BCUT2D eigenvalue weighted by Crippen LogP contribution is -2.21. The van der Waals surface area contributed by atoms with Gasteiger partial charge in [0.1, 0.15) is 0 Å². The van der Waals surface area contributed by atoms with Crippen molar-refractivity contribution in [3.63, 3.8) is 0 Å². The Bertz CT molecular complexity index is 500. The molecule has 0 saturated heterocycles. The maximum Gasteiger partial charge on any atom is 0.0472 e. The largest absolute Gasteiger partial charge is 0.361 e. The van der Waals surface area contributed by atoms with Crippen LogP contribution < -0.4 is 5.32 Å². The monoisotopic (exact) mass is 264 g/mol. The molecule has 18 heavy (non-hydrogen) atoms. The summed E-state index contributed by atoms with van der Waals surface area (Å²) in [5, 5.41) is 5.58. The van der Waals surface area contributed by atoms with Crippen LogP contribution in [0.15, 0.2) is 24.4 Å². The first-order valence-electron chi connectivity index (χ1n) is 6.70. The zero-order chi connectivity index (χ0) is 13.0. The van der Waals surface area contributed by atoms with E-state index in [0.29, 0.717) is 0 Å². The van der Waals surface area contributed by atoms with E-state index in [2.05, 4.69) is 36.4 Å². The summed E-state index contributed by atoms with van der Waals surface area (Å²) in [4.78, 5) is 3.27. The van der Waals surface area contributed by atoms with Crippen LogP contribution in [0, 0.1) is 5.92 Å². The number of fused-ring (bicyclic) bond motifs is 1. The van der Waals surface area contributed by atoms with Crippen molar-refractivity contribution in [1.29, 1.82) is 0 Å². The molecular formula is C15H21ClN2. The highest BCUT2D eigenvalue weighted by molar-refractivity contribution is 6.31. The first kappa shape index (κ1) is 13.4. The standard InChI is InChI=1S/C15H21ClN2/c1-3-11(4-2)8-17-9-12-10-18-15-7-13(16)5-6-14(12)15/h5-7,10-11,17-18H,3-4,8-9H2,1-2H3. The Balaban J connectivity index is 2.00. The predicted molar refractivity (Wildman–Crippen MR) is 79.1 cm³/mol. The van der Waals surface area contributed by atoms with Crippen LogP contribution in [0.5, 0.6) is 0 Å². The zero-order valence-corrected chi connectivity index (χ0v) is 11.8. The third-order valence-corrected chi connectivity index (χ3v) is 3.87. The summed E-state index contributed by atoms with van der Waals surface area (Å²) in [7, 11) is 0. The molecule has 0 aliphatic carbocycles. The number of aromatic amines is 1. The van der Waals surface area contributed by atoms with E-state index >= 15 is 0 Å². The lowest BCUT2D eigenvalue weighted by atomic mass is 10.0. The molecule has 0 radical (unpaired) electrons. The van der Waals surface area contributed by atoms with Gasteiger partial charge in [0.15, 0.2) is 0 Å². The molecule has 0 aliphatic heterocycles. The molecule has 2 aromatic rings. The number of nitrogens with one attached hydrogen (secondary N) is 2. The zero-order valence-electron chi connectivity index (χ0n) is 11.1. The molecule has 0 amide bonds. The minimum absolute atomic E-state index is 0.779. The van der Waals surface area contributed by atoms with Crippen LogP contribution in [0.1, 0.15) is 32.3 Å². The molecule has 98 valence electrons. The second kappa shape index (κ2) is 6.26. The van der Waals surface area contributed by atoms with Gasteiger partial charge in [0.25, 0.3) is 0 Å². The fourth-order valence-corrected chi connectivity index (χ4v) is 2.47. The van der Waals surface area contributed by atoms with Gasteiger partial charge in [-0.25, -0.2) is 0 Å². The molecule has 0 aliphatic rings.